The number of rotatable bonds is 4. The van der Waals surface area contributed by atoms with Crippen LogP contribution < -0.4 is 4.90 Å². The number of piperazine rings is 1. The number of amides is 1. The molecule has 3 aromatic rings. The van der Waals surface area contributed by atoms with E-state index in [-0.39, 0.29) is 11.7 Å². The van der Waals surface area contributed by atoms with Crippen LogP contribution >= 0.6 is 0 Å². The molecule has 5 nitrogen and oxygen atoms in total. The van der Waals surface area contributed by atoms with Crippen molar-refractivity contribution in [2.45, 2.75) is 20.3 Å². The highest BCUT2D eigenvalue weighted by Gasteiger charge is 2.25. The van der Waals surface area contributed by atoms with Gasteiger partial charge >= 0.3 is 0 Å². The SMILES string of the molecule is Cc1nc(C)c(Cc2ccccc2)c(N2CCN(C(=O)c3ccc(F)cc3)CC2)n1. The van der Waals surface area contributed by atoms with Crippen molar-refractivity contribution in [2.75, 3.05) is 31.1 Å². The number of aromatic nitrogens is 2. The van der Waals surface area contributed by atoms with E-state index in [9.17, 15) is 9.18 Å². The van der Waals surface area contributed by atoms with Gasteiger partial charge in [-0.15, -0.1) is 0 Å². The number of nitrogens with zero attached hydrogens (tertiary/aromatic N) is 4. The molecule has 1 saturated heterocycles. The average Bonchev–Trinajstić information content (AvgIpc) is 2.76. The highest BCUT2D eigenvalue weighted by Crippen LogP contribution is 2.25. The largest absolute Gasteiger partial charge is 0.353 e. The predicted octanol–water partition coefficient (Wildman–Crippen LogP) is 3.79. The molecule has 1 fully saturated rings. The van der Waals surface area contributed by atoms with Crippen LogP contribution in [0.25, 0.3) is 0 Å². The normalized spacial score (nSPS) is 14.1. The zero-order valence-electron chi connectivity index (χ0n) is 17.3. The van der Waals surface area contributed by atoms with Crippen molar-refractivity contribution in [1.29, 1.82) is 0 Å². The Morgan fingerprint density at radius 3 is 2.27 bits per heavy atom. The Bertz CT molecular complexity index is 1030. The first kappa shape index (κ1) is 20.0. The second kappa shape index (κ2) is 8.61. The molecule has 154 valence electrons. The Morgan fingerprint density at radius 2 is 1.60 bits per heavy atom. The van der Waals surface area contributed by atoms with E-state index >= 15 is 0 Å². The molecular weight excluding hydrogens is 379 g/mol. The zero-order chi connectivity index (χ0) is 21.1. The summed E-state index contributed by atoms with van der Waals surface area (Å²) in [5, 5.41) is 0. The predicted molar refractivity (Wildman–Crippen MR) is 115 cm³/mol. The van der Waals surface area contributed by atoms with Gasteiger partial charge in [0.1, 0.15) is 17.5 Å². The average molecular weight is 404 g/mol. The van der Waals surface area contributed by atoms with E-state index in [4.69, 9.17) is 4.98 Å². The molecule has 0 N–H and O–H groups in total. The van der Waals surface area contributed by atoms with Crippen LogP contribution in [0, 0.1) is 19.7 Å². The van der Waals surface area contributed by atoms with Gasteiger partial charge in [0.05, 0.1) is 0 Å². The van der Waals surface area contributed by atoms with Crippen molar-refractivity contribution in [3.8, 4) is 0 Å². The number of anilines is 1. The second-order valence-electron chi connectivity index (χ2n) is 7.61. The second-order valence-corrected chi connectivity index (χ2v) is 7.61. The molecule has 0 radical (unpaired) electrons. The Morgan fingerprint density at radius 1 is 0.933 bits per heavy atom. The Kier molecular flexibility index (Phi) is 5.74. The molecule has 2 heterocycles. The molecule has 1 aliphatic heterocycles. The quantitative estimate of drug-likeness (QED) is 0.664. The molecule has 2 aromatic carbocycles. The lowest BCUT2D eigenvalue weighted by Gasteiger charge is -2.36. The van der Waals surface area contributed by atoms with Crippen LogP contribution in [0.15, 0.2) is 54.6 Å². The summed E-state index contributed by atoms with van der Waals surface area (Å²) in [6, 6.07) is 16.1. The van der Waals surface area contributed by atoms with Crippen molar-refractivity contribution in [2.24, 2.45) is 0 Å². The van der Waals surface area contributed by atoms with E-state index in [1.54, 1.807) is 12.1 Å². The van der Waals surface area contributed by atoms with Gasteiger partial charge in [0.25, 0.3) is 5.91 Å². The first-order chi connectivity index (χ1) is 14.5. The van der Waals surface area contributed by atoms with Gasteiger partial charge in [-0.05, 0) is 43.7 Å². The molecule has 1 aliphatic rings. The lowest BCUT2D eigenvalue weighted by molar-refractivity contribution is 0.0746. The molecule has 30 heavy (non-hydrogen) atoms. The van der Waals surface area contributed by atoms with Gasteiger partial charge in [0, 0.05) is 49.4 Å². The molecule has 0 saturated carbocycles. The molecule has 0 spiro atoms. The summed E-state index contributed by atoms with van der Waals surface area (Å²) < 4.78 is 13.1. The fourth-order valence-electron chi connectivity index (χ4n) is 3.88. The molecule has 0 bridgehead atoms. The third-order valence-electron chi connectivity index (χ3n) is 5.49. The van der Waals surface area contributed by atoms with Crippen LogP contribution in [0.3, 0.4) is 0 Å². The van der Waals surface area contributed by atoms with E-state index in [2.05, 4.69) is 22.0 Å². The minimum Gasteiger partial charge on any atom is -0.353 e. The lowest BCUT2D eigenvalue weighted by Crippen LogP contribution is -2.49. The zero-order valence-corrected chi connectivity index (χ0v) is 17.3. The summed E-state index contributed by atoms with van der Waals surface area (Å²) in [4.78, 5) is 26.1. The van der Waals surface area contributed by atoms with Gasteiger partial charge in [-0.2, -0.15) is 0 Å². The molecule has 0 unspecified atom stereocenters. The molecule has 0 atom stereocenters. The number of aryl methyl sites for hydroxylation is 2. The summed E-state index contributed by atoms with van der Waals surface area (Å²) in [7, 11) is 0. The van der Waals surface area contributed by atoms with Gasteiger partial charge in [0.2, 0.25) is 0 Å². The van der Waals surface area contributed by atoms with Gasteiger partial charge < -0.3 is 9.80 Å². The fraction of sp³-hybridized carbons (Fsp3) is 0.292. The standard InChI is InChI=1S/C24H25FN4O/c1-17-22(16-19-6-4-3-5-7-19)23(27-18(2)26-17)28-12-14-29(15-13-28)24(30)20-8-10-21(25)11-9-20/h3-11H,12-16H2,1-2H3. The maximum Gasteiger partial charge on any atom is 0.253 e. The van der Waals surface area contributed by atoms with E-state index in [0.29, 0.717) is 31.7 Å². The Balaban J connectivity index is 1.51. The summed E-state index contributed by atoms with van der Waals surface area (Å²) >= 11 is 0. The van der Waals surface area contributed by atoms with Gasteiger partial charge in [-0.25, -0.2) is 14.4 Å². The summed E-state index contributed by atoms with van der Waals surface area (Å²) in [5.41, 5.74) is 3.86. The Labute approximate surface area is 176 Å². The third-order valence-corrected chi connectivity index (χ3v) is 5.49. The topological polar surface area (TPSA) is 49.3 Å². The molecule has 1 amide bonds. The number of benzene rings is 2. The van der Waals surface area contributed by atoms with Crippen molar-refractivity contribution in [1.82, 2.24) is 14.9 Å². The van der Waals surface area contributed by atoms with E-state index in [1.807, 2.05) is 36.9 Å². The van der Waals surface area contributed by atoms with Crippen molar-refractivity contribution < 1.29 is 9.18 Å². The first-order valence-electron chi connectivity index (χ1n) is 10.2. The minimum absolute atomic E-state index is 0.0609. The summed E-state index contributed by atoms with van der Waals surface area (Å²) in [6.07, 6.45) is 0.775. The molecular formula is C24H25FN4O. The number of carbonyl (C=O) groups is 1. The highest BCUT2D eigenvalue weighted by molar-refractivity contribution is 5.94. The maximum atomic E-state index is 13.1. The number of hydrogen-bond donors (Lipinski definition) is 0. The van der Waals surface area contributed by atoms with Crippen LogP contribution in [0.2, 0.25) is 0 Å². The molecule has 1 aromatic heterocycles. The first-order valence-corrected chi connectivity index (χ1v) is 10.2. The monoisotopic (exact) mass is 404 g/mol. The molecule has 0 aliphatic carbocycles. The van der Waals surface area contributed by atoms with Crippen LogP contribution in [-0.2, 0) is 6.42 Å². The fourth-order valence-corrected chi connectivity index (χ4v) is 3.88. The van der Waals surface area contributed by atoms with Gasteiger partial charge in [0.15, 0.2) is 0 Å². The van der Waals surface area contributed by atoms with Crippen LogP contribution in [-0.4, -0.2) is 47.0 Å². The number of carbonyl (C=O) groups excluding carboxylic acids is 1. The lowest BCUT2D eigenvalue weighted by atomic mass is 10.0. The third kappa shape index (κ3) is 4.32. The van der Waals surface area contributed by atoms with E-state index in [0.717, 1.165) is 29.3 Å². The summed E-state index contributed by atoms with van der Waals surface area (Å²) in [6.45, 7) is 6.54. The van der Waals surface area contributed by atoms with Crippen LogP contribution in [0.1, 0.15) is 33.0 Å². The maximum absolute atomic E-state index is 13.1. The van der Waals surface area contributed by atoms with E-state index in [1.165, 1.54) is 17.7 Å². The van der Waals surface area contributed by atoms with Crippen LogP contribution in [0.4, 0.5) is 10.2 Å². The smallest absolute Gasteiger partial charge is 0.253 e. The molecule has 6 heteroatoms. The summed E-state index contributed by atoms with van der Waals surface area (Å²) in [5.74, 6) is 1.31. The minimum atomic E-state index is -0.336. The van der Waals surface area contributed by atoms with Gasteiger partial charge in [-0.1, -0.05) is 30.3 Å². The van der Waals surface area contributed by atoms with Crippen molar-refractivity contribution in [3.05, 3.63) is 88.6 Å². The molecule has 4 rings (SSSR count). The van der Waals surface area contributed by atoms with Gasteiger partial charge in [-0.3, -0.25) is 4.79 Å². The number of halogens is 1. The van der Waals surface area contributed by atoms with Crippen molar-refractivity contribution in [3.63, 3.8) is 0 Å². The highest BCUT2D eigenvalue weighted by atomic mass is 19.1. The van der Waals surface area contributed by atoms with Crippen molar-refractivity contribution >= 4 is 11.7 Å². The van der Waals surface area contributed by atoms with Crippen LogP contribution in [0.5, 0.6) is 0 Å². The Hall–Kier alpha value is -3.28. The number of hydrogen-bond acceptors (Lipinski definition) is 4. The van der Waals surface area contributed by atoms with E-state index < -0.39 is 0 Å².